The van der Waals surface area contributed by atoms with E-state index >= 15 is 0 Å². The molecule has 1 fully saturated rings. The highest BCUT2D eigenvalue weighted by molar-refractivity contribution is 7.97. The third-order valence-corrected chi connectivity index (χ3v) is 8.02. The average molecular weight is 411 g/mol. The van der Waals surface area contributed by atoms with Crippen LogP contribution in [0.25, 0.3) is 0 Å². The van der Waals surface area contributed by atoms with Crippen LogP contribution in [0.15, 0.2) is 21.6 Å². The first kappa shape index (κ1) is 17.9. The van der Waals surface area contributed by atoms with Crippen LogP contribution < -0.4 is 10.0 Å². The van der Waals surface area contributed by atoms with Gasteiger partial charge in [0.05, 0.1) is 6.10 Å². The monoisotopic (exact) mass is 410 g/mol. The van der Waals surface area contributed by atoms with Gasteiger partial charge in [-0.15, -0.1) is 0 Å². The summed E-state index contributed by atoms with van der Waals surface area (Å²) < 4.78 is 8.90. The van der Waals surface area contributed by atoms with E-state index in [0.717, 1.165) is 62.0 Å². The van der Waals surface area contributed by atoms with Gasteiger partial charge in [-0.2, -0.15) is 0 Å². The summed E-state index contributed by atoms with van der Waals surface area (Å²) in [5.41, 5.74) is 7.47. The molecule has 0 saturated heterocycles. The Labute approximate surface area is 174 Å². The van der Waals surface area contributed by atoms with Crippen LogP contribution in [-0.2, 0) is 25.7 Å². The van der Waals surface area contributed by atoms with Crippen LogP contribution in [0, 0.1) is 5.92 Å². The summed E-state index contributed by atoms with van der Waals surface area (Å²) in [5, 5.41) is 14.3. The number of anilines is 1. The van der Waals surface area contributed by atoms with Crippen LogP contribution in [-0.4, -0.2) is 11.1 Å². The van der Waals surface area contributed by atoms with Gasteiger partial charge in [-0.3, -0.25) is 4.72 Å². The first-order valence-corrected chi connectivity index (χ1v) is 11.7. The van der Waals surface area contributed by atoms with Crippen LogP contribution in [0.5, 0.6) is 0 Å². The Kier molecular flexibility index (Phi) is 4.20. The predicted octanol–water partition coefficient (Wildman–Crippen LogP) is 5.02. The molecule has 0 aliphatic heterocycles. The molecule has 2 aromatic rings. The summed E-state index contributed by atoms with van der Waals surface area (Å²) in [6, 6.07) is 4.07. The number of fused-ring (bicyclic) bond motifs is 6. The fraction of sp³-hybridized carbons (Fsp3) is 0.522. The molecule has 4 aliphatic rings. The summed E-state index contributed by atoms with van der Waals surface area (Å²) in [4.78, 5) is 12.7. The van der Waals surface area contributed by atoms with Gasteiger partial charge in [-0.25, -0.2) is 4.79 Å². The number of nitrogens with one attached hydrogen (secondary N) is 2. The SMILES string of the molecule is O=C(NSc1cc2c(o1)C1CCC(C1)C2O)Nc1c2c(cc3c1CCC3)CCC2. The molecule has 3 atom stereocenters. The maximum absolute atomic E-state index is 12.7. The number of urea groups is 1. The number of hydrogen-bond donors (Lipinski definition) is 3. The molecule has 3 N–H and O–H groups in total. The number of carbonyl (C=O) groups is 1. The van der Waals surface area contributed by atoms with Crippen LogP contribution in [0.3, 0.4) is 0 Å². The maximum atomic E-state index is 12.7. The minimum Gasteiger partial charge on any atom is -0.452 e. The fourth-order valence-corrected chi connectivity index (χ4v) is 6.56. The second kappa shape index (κ2) is 6.81. The second-order valence-electron chi connectivity index (χ2n) is 8.99. The first-order valence-electron chi connectivity index (χ1n) is 10.9. The summed E-state index contributed by atoms with van der Waals surface area (Å²) in [5.74, 6) is 1.72. The van der Waals surface area contributed by atoms with Gasteiger partial charge in [0, 0.05) is 29.1 Å². The van der Waals surface area contributed by atoms with Gasteiger partial charge in [0.1, 0.15) is 5.76 Å². The van der Waals surface area contributed by atoms with E-state index in [1.165, 1.54) is 47.0 Å². The number of aryl methyl sites for hydroxylation is 2. The van der Waals surface area contributed by atoms with Gasteiger partial charge in [0.15, 0.2) is 5.09 Å². The number of aliphatic hydroxyl groups is 1. The molecule has 0 spiro atoms. The van der Waals surface area contributed by atoms with E-state index in [9.17, 15) is 9.90 Å². The molecule has 1 aromatic heterocycles. The summed E-state index contributed by atoms with van der Waals surface area (Å²) in [7, 11) is 0. The number of carbonyl (C=O) groups excluding carboxylic acids is 1. The third-order valence-electron chi connectivity index (χ3n) is 7.33. The molecule has 1 aromatic carbocycles. The Morgan fingerprint density at radius 2 is 1.83 bits per heavy atom. The van der Waals surface area contributed by atoms with Crippen molar-refractivity contribution in [1.29, 1.82) is 0 Å². The topological polar surface area (TPSA) is 74.5 Å². The quantitative estimate of drug-likeness (QED) is 0.622. The molecule has 0 radical (unpaired) electrons. The number of amides is 2. The maximum Gasteiger partial charge on any atom is 0.329 e. The zero-order valence-corrected chi connectivity index (χ0v) is 17.2. The van der Waals surface area contributed by atoms with E-state index in [1.807, 2.05) is 6.07 Å². The zero-order valence-electron chi connectivity index (χ0n) is 16.4. The normalized spacial score (nSPS) is 26.2. The molecule has 3 unspecified atom stereocenters. The molecule has 152 valence electrons. The van der Waals surface area contributed by atoms with E-state index in [1.54, 1.807) is 0 Å². The Hall–Kier alpha value is -1.92. The van der Waals surface area contributed by atoms with Crippen LogP contribution >= 0.6 is 11.9 Å². The van der Waals surface area contributed by atoms with Crippen molar-refractivity contribution in [1.82, 2.24) is 4.72 Å². The molecular weight excluding hydrogens is 384 g/mol. The molecule has 1 heterocycles. The summed E-state index contributed by atoms with van der Waals surface area (Å²) >= 11 is 1.20. The van der Waals surface area contributed by atoms with Crippen molar-refractivity contribution in [3.63, 3.8) is 0 Å². The highest BCUT2D eigenvalue weighted by Gasteiger charge is 2.41. The van der Waals surface area contributed by atoms with E-state index in [0.29, 0.717) is 16.9 Å². The first-order chi connectivity index (χ1) is 14.2. The Morgan fingerprint density at radius 1 is 1.07 bits per heavy atom. The lowest BCUT2D eigenvalue weighted by Gasteiger charge is -2.23. The lowest BCUT2D eigenvalue weighted by Crippen LogP contribution is -2.24. The highest BCUT2D eigenvalue weighted by atomic mass is 32.2. The summed E-state index contributed by atoms with van der Waals surface area (Å²) in [6.45, 7) is 0. The number of furan rings is 1. The van der Waals surface area contributed by atoms with Crippen molar-refractivity contribution in [2.24, 2.45) is 5.92 Å². The molecular formula is C23H26N2O3S. The minimum absolute atomic E-state index is 0.208. The molecule has 6 heteroatoms. The lowest BCUT2D eigenvalue weighted by molar-refractivity contribution is 0.101. The largest absolute Gasteiger partial charge is 0.452 e. The Bertz CT molecular complexity index is 953. The van der Waals surface area contributed by atoms with Gasteiger partial charge in [0.25, 0.3) is 0 Å². The highest BCUT2D eigenvalue weighted by Crippen LogP contribution is 2.52. The fourth-order valence-electron chi connectivity index (χ4n) is 5.99. The smallest absolute Gasteiger partial charge is 0.329 e. The Morgan fingerprint density at radius 3 is 2.59 bits per heavy atom. The van der Waals surface area contributed by atoms with E-state index in [2.05, 4.69) is 16.1 Å². The second-order valence-corrected chi connectivity index (χ2v) is 9.80. The van der Waals surface area contributed by atoms with E-state index < -0.39 is 6.10 Å². The molecule has 2 bridgehead atoms. The number of benzene rings is 1. The lowest BCUT2D eigenvalue weighted by atomic mass is 9.86. The van der Waals surface area contributed by atoms with Gasteiger partial charge >= 0.3 is 6.03 Å². The number of aliphatic hydroxyl groups excluding tert-OH is 1. The predicted molar refractivity (Wildman–Crippen MR) is 112 cm³/mol. The van der Waals surface area contributed by atoms with Crippen molar-refractivity contribution >= 4 is 23.7 Å². The molecule has 29 heavy (non-hydrogen) atoms. The zero-order chi connectivity index (χ0) is 19.5. The van der Waals surface area contributed by atoms with E-state index in [-0.39, 0.29) is 6.03 Å². The van der Waals surface area contributed by atoms with Gasteiger partial charge in [-0.1, -0.05) is 6.07 Å². The van der Waals surface area contributed by atoms with Crippen molar-refractivity contribution in [2.45, 2.75) is 74.9 Å². The molecule has 5 nitrogen and oxygen atoms in total. The third kappa shape index (κ3) is 2.91. The van der Waals surface area contributed by atoms with Crippen molar-refractivity contribution in [3.8, 4) is 0 Å². The Balaban J connectivity index is 1.18. The summed E-state index contributed by atoms with van der Waals surface area (Å²) in [6.07, 6.45) is 9.45. The van der Waals surface area contributed by atoms with Crippen LogP contribution in [0.4, 0.5) is 10.5 Å². The molecule has 6 rings (SSSR count). The minimum atomic E-state index is -0.426. The van der Waals surface area contributed by atoms with Gasteiger partial charge in [0.2, 0.25) is 0 Å². The molecule has 4 aliphatic carbocycles. The van der Waals surface area contributed by atoms with Crippen molar-refractivity contribution in [2.75, 3.05) is 5.32 Å². The standard InChI is InChI=1S/C23H26N2O3S/c26-21-14-7-8-15(10-14)22-18(21)11-19(28-22)29-25-23(27)24-20-16-5-1-3-12(16)9-13-4-2-6-17(13)20/h9,11,14-15,21,26H,1-8,10H2,(H2,24,25,27). The van der Waals surface area contributed by atoms with Gasteiger partial charge < -0.3 is 14.8 Å². The molecule has 1 saturated carbocycles. The van der Waals surface area contributed by atoms with Crippen molar-refractivity contribution < 1.29 is 14.3 Å². The molecule has 2 amide bonds. The van der Waals surface area contributed by atoms with Gasteiger partial charge in [-0.05, 0) is 92.0 Å². The van der Waals surface area contributed by atoms with Crippen LogP contribution in [0.2, 0.25) is 0 Å². The number of hydrogen-bond acceptors (Lipinski definition) is 4. The van der Waals surface area contributed by atoms with Crippen LogP contribution in [0.1, 0.15) is 77.7 Å². The van der Waals surface area contributed by atoms with E-state index in [4.69, 9.17) is 4.42 Å². The van der Waals surface area contributed by atoms with Crippen molar-refractivity contribution in [3.05, 3.63) is 45.7 Å². The number of rotatable bonds is 3. The average Bonchev–Trinajstić information content (AvgIpc) is 3.50.